The van der Waals surface area contributed by atoms with Crippen molar-refractivity contribution in [1.29, 1.82) is 0 Å². The number of anilines is 1. The van der Waals surface area contributed by atoms with E-state index in [1.54, 1.807) is 0 Å². The molecule has 0 aliphatic carbocycles. The number of hydrogen-bond acceptors (Lipinski definition) is 3. The minimum Gasteiger partial charge on any atom is -0.356 e. The van der Waals surface area contributed by atoms with Gasteiger partial charge in [0.25, 0.3) is 0 Å². The van der Waals surface area contributed by atoms with Crippen molar-refractivity contribution in [3.05, 3.63) is 23.4 Å². The SMILES string of the molecule is CC(C)C1CCN(c2nc(C(F)(F)F)ccc2CN)CC1. The second kappa shape index (κ2) is 6.22. The minimum absolute atomic E-state index is 0.199. The predicted molar refractivity (Wildman–Crippen MR) is 76.9 cm³/mol. The Hall–Kier alpha value is -1.30. The quantitative estimate of drug-likeness (QED) is 0.930. The molecule has 1 aliphatic heterocycles. The van der Waals surface area contributed by atoms with Crippen LogP contribution in [0.5, 0.6) is 0 Å². The van der Waals surface area contributed by atoms with Crippen LogP contribution in [-0.2, 0) is 12.7 Å². The van der Waals surface area contributed by atoms with Crippen LogP contribution in [0.2, 0.25) is 0 Å². The van der Waals surface area contributed by atoms with Crippen molar-refractivity contribution in [3.8, 4) is 0 Å². The van der Waals surface area contributed by atoms with Gasteiger partial charge >= 0.3 is 6.18 Å². The van der Waals surface area contributed by atoms with Crippen LogP contribution in [0, 0.1) is 11.8 Å². The number of alkyl halides is 3. The minimum atomic E-state index is -4.42. The number of nitrogens with zero attached hydrogens (tertiary/aromatic N) is 2. The number of nitrogens with two attached hydrogens (primary N) is 1. The lowest BCUT2D eigenvalue weighted by molar-refractivity contribution is -0.141. The van der Waals surface area contributed by atoms with Gasteiger partial charge in [-0.05, 0) is 30.7 Å². The molecule has 0 unspecified atom stereocenters. The molecule has 0 spiro atoms. The van der Waals surface area contributed by atoms with Crippen LogP contribution in [0.25, 0.3) is 0 Å². The van der Waals surface area contributed by atoms with Crippen molar-refractivity contribution in [2.75, 3.05) is 18.0 Å². The fraction of sp³-hybridized carbons (Fsp3) is 0.667. The molecule has 1 fully saturated rings. The van der Waals surface area contributed by atoms with Crippen molar-refractivity contribution < 1.29 is 13.2 Å². The first-order chi connectivity index (χ1) is 9.82. The molecule has 6 heteroatoms. The van der Waals surface area contributed by atoms with Gasteiger partial charge in [0, 0.05) is 25.2 Å². The monoisotopic (exact) mass is 301 g/mol. The fourth-order valence-electron chi connectivity index (χ4n) is 2.85. The normalized spacial score (nSPS) is 17.6. The molecule has 0 saturated carbocycles. The summed E-state index contributed by atoms with van der Waals surface area (Å²) in [7, 11) is 0. The molecule has 21 heavy (non-hydrogen) atoms. The Morgan fingerprint density at radius 3 is 2.38 bits per heavy atom. The summed E-state index contributed by atoms with van der Waals surface area (Å²) >= 11 is 0. The zero-order chi connectivity index (χ0) is 15.6. The smallest absolute Gasteiger partial charge is 0.356 e. The highest BCUT2D eigenvalue weighted by atomic mass is 19.4. The van der Waals surface area contributed by atoms with E-state index in [4.69, 9.17) is 5.73 Å². The zero-order valence-corrected chi connectivity index (χ0v) is 12.5. The molecule has 1 aliphatic rings. The van der Waals surface area contributed by atoms with Gasteiger partial charge in [-0.2, -0.15) is 13.2 Å². The van der Waals surface area contributed by atoms with Gasteiger partial charge < -0.3 is 10.6 Å². The highest BCUT2D eigenvalue weighted by Gasteiger charge is 2.34. The molecular formula is C15H22F3N3. The van der Waals surface area contributed by atoms with Crippen LogP contribution < -0.4 is 10.6 Å². The highest BCUT2D eigenvalue weighted by molar-refractivity contribution is 5.48. The van der Waals surface area contributed by atoms with Crippen LogP contribution in [0.15, 0.2) is 12.1 Å². The molecule has 1 aromatic rings. The lowest BCUT2D eigenvalue weighted by Crippen LogP contribution is -2.36. The van der Waals surface area contributed by atoms with Gasteiger partial charge in [-0.1, -0.05) is 19.9 Å². The predicted octanol–water partition coefficient (Wildman–Crippen LogP) is 3.43. The van der Waals surface area contributed by atoms with Crippen molar-refractivity contribution >= 4 is 5.82 Å². The molecule has 0 atom stereocenters. The second-order valence-corrected chi connectivity index (χ2v) is 5.95. The average molecular weight is 301 g/mol. The number of rotatable bonds is 3. The maximum Gasteiger partial charge on any atom is 0.433 e. The van der Waals surface area contributed by atoms with Crippen molar-refractivity contribution in [1.82, 2.24) is 4.98 Å². The average Bonchev–Trinajstić information content (AvgIpc) is 2.45. The highest BCUT2D eigenvalue weighted by Crippen LogP contribution is 2.33. The molecule has 2 rings (SSSR count). The van der Waals surface area contributed by atoms with Crippen molar-refractivity contribution in [3.63, 3.8) is 0 Å². The molecule has 118 valence electrons. The maximum atomic E-state index is 12.8. The zero-order valence-electron chi connectivity index (χ0n) is 12.5. The summed E-state index contributed by atoms with van der Waals surface area (Å²) in [5.74, 6) is 1.64. The summed E-state index contributed by atoms with van der Waals surface area (Å²) < 4.78 is 38.5. The Balaban J connectivity index is 2.22. The first-order valence-corrected chi connectivity index (χ1v) is 7.35. The largest absolute Gasteiger partial charge is 0.433 e. The molecule has 0 radical (unpaired) electrons. The molecule has 2 N–H and O–H groups in total. The van der Waals surface area contributed by atoms with E-state index in [0.717, 1.165) is 32.0 Å². The van der Waals surface area contributed by atoms with Gasteiger partial charge in [-0.3, -0.25) is 0 Å². The molecule has 3 nitrogen and oxygen atoms in total. The van der Waals surface area contributed by atoms with Gasteiger partial charge in [-0.25, -0.2) is 4.98 Å². The van der Waals surface area contributed by atoms with E-state index in [9.17, 15) is 13.2 Å². The Morgan fingerprint density at radius 2 is 1.90 bits per heavy atom. The van der Waals surface area contributed by atoms with Gasteiger partial charge in [0.1, 0.15) is 11.5 Å². The van der Waals surface area contributed by atoms with E-state index in [1.807, 2.05) is 4.90 Å². The van der Waals surface area contributed by atoms with Crippen molar-refractivity contribution in [2.45, 2.75) is 39.4 Å². The fourth-order valence-corrected chi connectivity index (χ4v) is 2.85. The number of pyridine rings is 1. The third-order valence-electron chi connectivity index (χ3n) is 4.25. The van der Waals surface area contributed by atoms with Crippen LogP contribution in [0.4, 0.5) is 19.0 Å². The number of hydrogen-bond donors (Lipinski definition) is 1. The summed E-state index contributed by atoms with van der Waals surface area (Å²) in [4.78, 5) is 5.77. The van der Waals surface area contributed by atoms with Crippen LogP contribution in [0.1, 0.15) is 37.9 Å². The van der Waals surface area contributed by atoms with Crippen LogP contribution >= 0.6 is 0 Å². The molecule has 0 amide bonds. The Labute approximate surface area is 123 Å². The van der Waals surface area contributed by atoms with E-state index >= 15 is 0 Å². The summed E-state index contributed by atoms with van der Waals surface area (Å²) in [6.07, 6.45) is -2.45. The Morgan fingerprint density at radius 1 is 1.29 bits per heavy atom. The second-order valence-electron chi connectivity index (χ2n) is 5.95. The molecule has 2 heterocycles. The standard InChI is InChI=1S/C15H22F3N3/c1-10(2)11-5-7-21(8-6-11)14-12(9-19)3-4-13(20-14)15(16,17)18/h3-4,10-11H,5-9,19H2,1-2H3. The lowest BCUT2D eigenvalue weighted by Gasteiger charge is -2.35. The van der Waals surface area contributed by atoms with Gasteiger partial charge in [0.2, 0.25) is 0 Å². The summed E-state index contributed by atoms with van der Waals surface area (Å²) in [6, 6.07) is 2.45. The van der Waals surface area contributed by atoms with E-state index in [2.05, 4.69) is 18.8 Å². The molecule has 1 aromatic heterocycles. The summed E-state index contributed by atoms with van der Waals surface area (Å²) in [6.45, 7) is 6.06. The molecule has 1 saturated heterocycles. The molecule has 0 aromatic carbocycles. The van der Waals surface area contributed by atoms with Gasteiger partial charge in [0.05, 0.1) is 0 Å². The Kier molecular flexibility index (Phi) is 4.76. The van der Waals surface area contributed by atoms with Crippen LogP contribution in [-0.4, -0.2) is 18.1 Å². The summed E-state index contributed by atoms with van der Waals surface area (Å²) in [5, 5.41) is 0. The number of piperidine rings is 1. The third-order valence-corrected chi connectivity index (χ3v) is 4.25. The third kappa shape index (κ3) is 3.67. The lowest BCUT2D eigenvalue weighted by atomic mass is 9.86. The Bertz CT molecular complexity index is 478. The number of aromatic nitrogens is 1. The summed E-state index contributed by atoms with van der Waals surface area (Å²) in [5.41, 5.74) is 5.47. The topological polar surface area (TPSA) is 42.2 Å². The van der Waals surface area contributed by atoms with E-state index in [1.165, 1.54) is 6.07 Å². The number of halogens is 3. The van der Waals surface area contributed by atoms with Gasteiger partial charge in [0.15, 0.2) is 0 Å². The first kappa shape index (κ1) is 16.1. The van der Waals surface area contributed by atoms with Crippen molar-refractivity contribution in [2.24, 2.45) is 17.6 Å². The van der Waals surface area contributed by atoms with Gasteiger partial charge in [-0.15, -0.1) is 0 Å². The van der Waals surface area contributed by atoms with E-state index in [-0.39, 0.29) is 6.54 Å². The molecular weight excluding hydrogens is 279 g/mol. The first-order valence-electron chi connectivity index (χ1n) is 7.35. The van der Waals surface area contributed by atoms with E-state index in [0.29, 0.717) is 23.2 Å². The molecule has 0 bridgehead atoms. The van der Waals surface area contributed by atoms with E-state index < -0.39 is 11.9 Å². The maximum absolute atomic E-state index is 12.8. The van der Waals surface area contributed by atoms with Crippen LogP contribution in [0.3, 0.4) is 0 Å².